The Balaban J connectivity index is 4.62. The van der Waals surface area contributed by atoms with Crippen molar-refractivity contribution in [2.75, 3.05) is 18.1 Å². The molecule has 0 bridgehead atoms. The van der Waals surface area contributed by atoms with Gasteiger partial charge in [-0.1, -0.05) is 213 Å². The zero-order valence-electron chi connectivity index (χ0n) is 37.5. The van der Waals surface area contributed by atoms with Crippen LogP contribution < -0.4 is 5.32 Å². The molecule has 0 aromatic rings. The van der Waals surface area contributed by atoms with Crippen molar-refractivity contribution in [2.45, 2.75) is 264 Å². The van der Waals surface area contributed by atoms with Crippen molar-refractivity contribution in [1.82, 2.24) is 5.32 Å². The highest BCUT2D eigenvalue weighted by Gasteiger charge is 2.23. The number of rotatable bonds is 45. The largest absolute Gasteiger partial charge is 0.480 e. The van der Waals surface area contributed by atoms with E-state index in [9.17, 15) is 24.3 Å². The second kappa shape index (κ2) is 43.8. The molecule has 0 fully saturated rings. The molecule has 1 amide bonds. The van der Waals surface area contributed by atoms with Crippen molar-refractivity contribution in [3.05, 3.63) is 0 Å². The van der Waals surface area contributed by atoms with Gasteiger partial charge in [-0.05, 0) is 19.3 Å². The van der Waals surface area contributed by atoms with Crippen molar-refractivity contribution >= 4 is 35.6 Å². The molecule has 8 nitrogen and oxygen atoms in total. The summed E-state index contributed by atoms with van der Waals surface area (Å²) in [6, 6.07) is -1.04. The van der Waals surface area contributed by atoms with Crippen LogP contribution in [0.5, 0.6) is 0 Å². The van der Waals surface area contributed by atoms with Crippen LogP contribution in [0.3, 0.4) is 0 Å². The lowest BCUT2D eigenvalue weighted by molar-refractivity contribution is -0.157. The van der Waals surface area contributed by atoms with Gasteiger partial charge in [0.1, 0.15) is 18.8 Å². The summed E-state index contributed by atoms with van der Waals surface area (Å²) in [6.45, 7) is 6.68. The molecule has 0 radical (unpaired) electrons. The fourth-order valence-electron chi connectivity index (χ4n) is 7.19. The maximum absolute atomic E-state index is 12.8. The minimum Gasteiger partial charge on any atom is -0.480 e. The molecule has 0 aliphatic heterocycles. The quantitative estimate of drug-likeness (QED) is 0.0460. The first kappa shape index (κ1) is 55.2. The van der Waals surface area contributed by atoms with Crippen molar-refractivity contribution in [3.8, 4) is 0 Å². The third-order valence-electron chi connectivity index (χ3n) is 10.9. The van der Waals surface area contributed by atoms with Crippen LogP contribution in [0.15, 0.2) is 0 Å². The Hall–Kier alpha value is -1.77. The minimum absolute atomic E-state index is 0.0448. The van der Waals surface area contributed by atoms with E-state index >= 15 is 0 Å². The highest BCUT2D eigenvalue weighted by molar-refractivity contribution is 7.99. The van der Waals surface area contributed by atoms with E-state index in [1.165, 1.54) is 166 Å². The van der Waals surface area contributed by atoms with Gasteiger partial charge in [-0.25, -0.2) is 4.79 Å². The predicted octanol–water partition coefficient (Wildman–Crippen LogP) is 13.8. The van der Waals surface area contributed by atoms with Gasteiger partial charge in [-0.15, -0.1) is 0 Å². The maximum atomic E-state index is 12.8. The van der Waals surface area contributed by atoms with E-state index in [4.69, 9.17) is 9.47 Å². The molecular weight excluding hydrogens is 735 g/mol. The van der Waals surface area contributed by atoms with E-state index < -0.39 is 18.1 Å². The van der Waals surface area contributed by atoms with E-state index in [1.807, 2.05) is 0 Å². The molecule has 0 spiro atoms. The average Bonchev–Trinajstić information content (AvgIpc) is 3.19. The number of carboxylic acids is 1. The van der Waals surface area contributed by atoms with Crippen LogP contribution in [-0.4, -0.2) is 59.2 Å². The topological polar surface area (TPSA) is 119 Å². The average molecular weight is 826 g/mol. The Kier molecular flexibility index (Phi) is 42.4. The molecule has 57 heavy (non-hydrogen) atoms. The molecule has 0 saturated heterocycles. The van der Waals surface area contributed by atoms with Crippen molar-refractivity contribution in [1.29, 1.82) is 0 Å². The molecule has 0 heterocycles. The first-order chi connectivity index (χ1) is 27.8. The van der Waals surface area contributed by atoms with Crippen LogP contribution in [-0.2, 0) is 28.7 Å². The monoisotopic (exact) mass is 826 g/mol. The zero-order valence-corrected chi connectivity index (χ0v) is 38.4. The number of thioether (sulfide) groups is 1. The smallest absolute Gasteiger partial charge is 0.327 e. The summed E-state index contributed by atoms with van der Waals surface area (Å²) in [5.74, 6) is -1.51. The van der Waals surface area contributed by atoms with Gasteiger partial charge in [0, 0.05) is 30.8 Å². The molecule has 0 aliphatic rings. The summed E-state index contributed by atoms with van der Waals surface area (Å²) in [7, 11) is 0. The Morgan fingerprint density at radius 2 is 0.789 bits per heavy atom. The number of unbranched alkanes of at least 4 members (excludes halogenated alkanes) is 30. The summed E-state index contributed by atoms with van der Waals surface area (Å²) in [6.07, 6.45) is 39.9. The molecule has 2 atom stereocenters. The first-order valence-corrected chi connectivity index (χ1v) is 25.4. The number of hydrogen-bond donors (Lipinski definition) is 2. The van der Waals surface area contributed by atoms with Crippen molar-refractivity contribution in [2.24, 2.45) is 0 Å². The molecule has 0 unspecified atom stereocenters. The lowest BCUT2D eigenvalue weighted by Gasteiger charge is -2.19. The summed E-state index contributed by atoms with van der Waals surface area (Å²) in [4.78, 5) is 50.0. The maximum Gasteiger partial charge on any atom is 0.327 e. The standard InChI is InChI=1S/C48H91NO7S/c1-4-7-10-13-16-19-22-25-28-31-34-37-45(50)49-44(48(53)54)42-57-41-43(56-47(52)39-36-33-30-27-24-21-18-15-12-9-6-3)40-55-46(51)38-35-32-29-26-23-20-17-14-11-8-5-2/h43-44H,4-42H2,1-3H3,(H,49,50)(H,53,54)/t43-,44+/m1/s1. The normalized spacial score (nSPS) is 12.3. The van der Waals surface area contributed by atoms with Crippen LogP contribution in [0.2, 0.25) is 0 Å². The van der Waals surface area contributed by atoms with Crippen LogP contribution in [0.1, 0.15) is 252 Å². The van der Waals surface area contributed by atoms with Crippen LogP contribution in [0, 0.1) is 0 Å². The Bertz CT molecular complexity index is 932. The van der Waals surface area contributed by atoms with Gasteiger partial charge in [-0.3, -0.25) is 14.4 Å². The van der Waals surface area contributed by atoms with Gasteiger partial charge in [0.25, 0.3) is 0 Å². The number of ether oxygens (including phenoxy) is 2. The third kappa shape index (κ3) is 40.8. The molecule has 0 saturated carbocycles. The summed E-state index contributed by atoms with van der Waals surface area (Å²) in [5.41, 5.74) is 0. The highest BCUT2D eigenvalue weighted by atomic mass is 32.2. The van der Waals surface area contributed by atoms with E-state index in [0.29, 0.717) is 19.3 Å². The number of amides is 1. The Labute approximate surface area is 355 Å². The van der Waals surface area contributed by atoms with Crippen LogP contribution in [0.25, 0.3) is 0 Å². The fraction of sp³-hybridized carbons (Fsp3) is 0.917. The van der Waals surface area contributed by atoms with Gasteiger partial charge >= 0.3 is 17.9 Å². The Morgan fingerprint density at radius 1 is 0.456 bits per heavy atom. The van der Waals surface area contributed by atoms with Gasteiger partial charge in [0.2, 0.25) is 5.91 Å². The van der Waals surface area contributed by atoms with E-state index in [0.717, 1.165) is 57.8 Å². The lowest BCUT2D eigenvalue weighted by atomic mass is 10.1. The predicted molar refractivity (Wildman–Crippen MR) is 241 cm³/mol. The van der Waals surface area contributed by atoms with Gasteiger partial charge in [-0.2, -0.15) is 11.8 Å². The lowest BCUT2D eigenvalue weighted by Crippen LogP contribution is -2.42. The summed E-state index contributed by atoms with van der Waals surface area (Å²) < 4.78 is 11.3. The van der Waals surface area contributed by atoms with E-state index in [1.54, 1.807) is 0 Å². The molecule has 336 valence electrons. The molecule has 0 rings (SSSR count). The van der Waals surface area contributed by atoms with Gasteiger partial charge in [0.05, 0.1) is 0 Å². The van der Waals surface area contributed by atoms with Crippen molar-refractivity contribution in [3.63, 3.8) is 0 Å². The highest BCUT2D eigenvalue weighted by Crippen LogP contribution is 2.17. The first-order valence-electron chi connectivity index (χ1n) is 24.3. The Morgan fingerprint density at radius 3 is 1.16 bits per heavy atom. The number of nitrogens with one attached hydrogen (secondary N) is 1. The second-order valence-electron chi connectivity index (χ2n) is 16.6. The van der Waals surface area contributed by atoms with Crippen molar-refractivity contribution < 1.29 is 33.8 Å². The molecular formula is C48H91NO7S. The number of aliphatic carboxylic acids is 1. The van der Waals surface area contributed by atoms with Crippen LogP contribution in [0.4, 0.5) is 0 Å². The number of carboxylic acid groups (broad SMARTS) is 1. The second-order valence-corrected chi connectivity index (χ2v) is 17.7. The molecule has 0 aromatic heterocycles. The molecule has 2 N–H and O–H groups in total. The molecule has 0 aromatic carbocycles. The summed E-state index contributed by atoms with van der Waals surface area (Å²) in [5, 5.41) is 12.5. The molecule has 0 aliphatic carbocycles. The van der Waals surface area contributed by atoms with E-state index in [-0.39, 0.29) is 36.0 Å². The number of carbonyl (C=O) groups excluding carboxylic acids is 3. The summed E-state index contributed by atoms with van der Waals surface area (Å²) >= 11 is 1.30. The van der Waals surface area contributed by atoms with Crippen LogP contribution >= 0.6 is 11.8 Å². The minimum atomic E-state index is -1.08. The van der Waals surface area contributed by atoms with E-state index in [2.05, 4.69) is 26.1 Å². The van der Waals surface area contributed by atoms with Gasteiger partial charge < -0.3 is 19.9 Å². The third-order valence-corrected chi connectivity index (χ3v) is 12.1. The van der Waals surface area contributed by atoms with Gasteiger partial charge in [0.15, 0.2) is 0 Å². The zero-order chi connectivity index (χ0) is 41.9. The SMILES string of the molecule is CCCCCCCCCCCCCC(=O)N[C@@H](CSC[C@@H](COC(=O)CCCCCCCCCCCCC)OC(=O)CCCCCCCCCCCCC)C(=O)O. The molecule has 9 heteroatoms. The number of esters is 2. The number of carbonyl (C=O) groups is 4. The fourth-order valence-corrected chi connectivity index (χ4v) is 8.22. The number of hydrogen-bond acceptors (Lipinski definition) is 7.